The maximum absolute atomic E-state index is 4.44. The van der Waals surface area contributed by atoms with Crippen LogP contribution in [0.1, 0.15) is 34.8 Å². The van der Waals surface area contributed by atoms with Crippen LogP contribution in [0.3, 0.4) is 0 Å². The van der Waals surface area contributed by atoms with Crippen LogP contribution in [-0.2, 0) is 13.0 Å². The van der Waals surface area contributed by atoms with Crippen molar-refractivity contribution < 1.29 is 0 Å². The highest BCUT2D eigenvalue weighted by Crippen LogP contribution is 2.24. The van der Waals surface area contributed by atoms with Crippen molar-refractivity contribution in [2.75, 3.05) is 13.1 Å². The smallest absolute Gasteiger partial charge is 0.174 e. The molecule has 7 heteroatoms. The summed E-state index contributed by atoms with van der Waals surface area (Å²) in [5.41, 5.74) is 2.60. The van der Waals surface area contributed by atoms with E-state index in [4.69, 9.17) is 0 Å². The molecule has 0 aromatic carbocycles. The number of likely N-dealkylation sites (tertiary alicyclic amines) is 1. The first-order chi connectivity index (χ1) is 9.72. The highest BCUT2D eigenvalue weighted by molar-refractivity contribution is 7.05. The van der Waals surface area contributed by atoms with Crippen molar-refractivity contribution in [1.29, 1.82) is 0 Å². The normalized spacial score (nSPS) is 20.4. The van der Waals surface area contributed by atoms with Crippen LogP contribution in [0.25, 0.3) is 0 Å². The lowest BCUT2D eigenvalue weighted by Crippen LogP contribution is -2.36. The molecule has 1 aliphatic rings. The number of aryl methyl sites for hydroxylation is 2. The number of piperidine rings is 1. The van der Waals surface area contributed by atoms with Gasteiger partial charge in [-0.1, -0.05) is 5.21 Å². The van der Waals surface area contributed by atoms with Crippen molar-refractivity contribution in [3.05, 3.63) is 22.0 Å². The Balaban J connectivity index is 1.60. The van der Waals surface area contributed by atoms with E-state index in [0.717, 1.165) is 25.3 Å². The lowest BCUT2D eigenvalue weighted by molar-refractivity contribution is 0.165. The van der Waals surface area contributed by atoms with Gasteiger partial charge in [-0.15, -0.1) is 10.2 Å². The summed E-state index contributed by atoms with van der Waals surface area (Å²) in [5, 5.41) is 14.3. The highest BCUT2D eigenvalue weighted by atomic mass is 32.1. The van der Waals surface area contributed by atoms with E-state index < -0.39 is 0 Å². The van der Waals surface area contributed by atoms with Crippen LogP contribution >= 0.6 is 11.5 Å². The maximum Gasteiger partial charge on any atom is 0.174 e. The van der Waals surface area contributed by atoms with Gasteiger partial charge in [-0.05, 0) is 50.7 Å². The van der Waals surface area contributed by atoms with Crippen molar-refractivity contribution >= 4 is 11.5 Å². The Bertz CT molecular complexity index is 530. The van der Waals surface area contributed by atoms with Gasteiger partial charge in [0, 0.05) is 30.0 Å². The summed E-state index contributed by atoms with van der Waals surface area (Å²) < 4.78 is 4.44. The topological polar surface area (TPSA) is 70.6 Å². The van der Waals surface area contributed by atoms with Gasteiger partial charge >= 0.3 is 0 Å². The van der Waals surface area contributed by atoms with Crippen molar-refractivity contribution in [1.82, 2.24) is 29.9 Å². The molecule has 0 saturated carbocycles. The Labute approximate surface area is 122 Å². The van der Waals surface area contributed by atoms with E-state index >= 15 is 0 Å². The molecule has 3 rings (SSSR count). The summed E-state index contributed by atoms with van der Waals surface area (Å²) in [4.78, 5) is 3.89. The molecule has 1 N–H and O–H groups in total. The Kier molecular flexibility index (Phi) is 4.07. The van der Waals surface area contributed by atoms with Gasteiger partial charge in [0.25, 0.3) is 0 Å². The molecule has 0 bridgehead atoms. The Morgan fingerprint density at radius 1 is 1.40 bits per heavy atom. The molecule has 2 aromatic heterocycles. The number of nitrogens with zero attached hydrogens (tertiary/aromatic N) is 5. The second kappa shape index (κ2) is 5.97. The van der Waals surface area contributed by atoms with Gasteiger partial charge in [0.15, 0.2) is 5.82 Å². The molecule has 1 atom stereocenters. The van der Waals surface area contributed by atoms with E-state index in [2.05, 4.69) is 43.7 Å². The van der Waals surface area contributed by atoms with Crippen LogP contribution in [0.5, 0.6) is 0 Å². The molecule has 0 amide bonds. The van der Waals surface area contributed by atoms with Crippen LogP contribution in [0.4, 0.5) is 0 Å². The first-order valence-electron chi connectivity index (χ1n) is 7.09. The number of rotatable bonds is 4. The number of hydrogen-bond acceptors (Lipinski definition) is 6. The third-order valence-electron chi connectivity index (χ3n) is 4.03. The number of tetrazole rings is 1. The first-order valence-corrected chi connectivity index (χ1v) is 7.86. The maximum atomic E-state index is 4.44. The minimum absolute atomic E-state index is 0.633. The predicted molar refractivity (Wildman–Crippen MR) is 77.5 cm³/mol. The van der Waals surface area contributed by atoms with Gasteiger partial charge in [-0.3, -0.25) is 4.90 Å². The molecule has 0 radical (unpaired) electrons. The number of hydrogen-bond donors (Lipinski definition) is 1. The summed E-state index contributed by atoms with van der Waals surface area (Å²) in [6, 6.07) is 0. The van der Waals surface area contributed by atoms with E-state index in [0.29, 0.717) is 5.92 Å². The fourth-order valence-electron chi connectivity index (χ4n) is 2.94. The molecule has 1 fully saturated rings. The molecule has 0 aliphatic carbocycles. The molecule has 3 heterocycles. The Morgan fingerprint density at radius 2 is 2.30 bits per heavy atom. The van der Waals surface area contributed by atoms with Gasteiger partial charge in [0.1, 0.15) is 0 Å². The second-order valence-corrected chi connectivity index (χ2v) is 6.56. The third kappa shape index (κ3) is 3.04. The molecule has 1 saturated heterocycles. The SMILES string of the molecule is Cc1nsc(C)c1CN1CCCC(Cc2nn[nH]n2)C1. The fourth-order valence-corrected chi connectivity index (χ4v) is 3.65. The van der Waals surface area contributed by atoms with Crippen LogP contribution in [0, 0.1) is 19.8 Å². The number of aromatic nitrogens is 5. The quantitative estimate of drug-likeness (QED) is 0.929. The number of nitrogens with one attached hydrogen (secondary N) is 1. The van der Waals surface area contributed by atoms with Crippen LogP contribution < -0.4 is 0 Å². The zero-order valence-corrected chi connectivity index (χ0v) is 12.8. The molecule has 20 heavy (non-hydrogen) atoms. The molecular formula is C13H20N6S. The van der Waals surface area contributed by atoms with Crippen molar-refractivity contribution in [2.24, 2.45) is 5.92 Å². The van der Waals surface area contributed by atoms with E-state index in [1.54, 1.807) is 11.5 Å². The minimum Gasteiger partial charge on any atom is -0.299 e. The predicted octanol–water partition coefficient (Wildman–Crippen LogP) is 1.73. The number of aromatic amines is 1. The van der Waals surface area contributed by atoms with E-state index in [1.165, 1.54) is 35.5 Å². The standard InChI is InChI=1S/C13H20N6S/c1-9-12(10(2)20-16-9)8-19-5-3-4-11(7-19)6-13-14-17-18-15-13/h11H,3-8H2,1-2H3,(H,14,15,17,18). The zero-order chi connectivity index (χ0) is 13.9. The molecular weight excluding hydrogens is 272 g/mol. The first kappa shape index (κ1) is 13.6. The summed E-state index contributed by atoms with van der Waals surface area (Å²) in [6.45, 7) is 7.60. The summed E-state index contributed by atoms with van der Waals surface area (Å²) in [7, 11) is 0. The fraction of sp³-hybridized carbons (Fsp3) is 0.692. The second-order valence-electron chi connectivity index (χ2n) is 5.58. The summed E-state index contributed by atoms with van der Waals surface area (Å²) >= 11 is 1.62. The van der Waals surface area contributed by atoms with E-state index in [-0.39, 0.29) is 0 Å². The molecule has 2 aromatic rings. The average molecular weight is 292 g/mol. The average Bonchev–Trinajstić information content (AvgIpc) is 3.04. The summed E-state index contributed by atoms with van der Waals surface area (Å²) in [5.74, 6) is 1.47. The third-order valence-corrected chi connectivity index (χ3v) is 4.91. The van der Waals surface area contributed by atoms with Gasteiger partial charge in [0.05, 0.1) is 5.69 Å². The molecule has 1 unspecified atom stereocenters. The monoisotopic (exact) mass is 292 g/mol. The number of H-pyrrole nitrogens is 1. The zero-order valence-electron chi connectivity index (χ0n) is 12.0. The van der Waals surface area contributed by atoms with Gasteiger partial charge in [-0.25, -0.2) is 0 Å². The van der Waals surface area contributed by atoms with Crippen molar-refractivity contribution in [3.63, 3.8) is 0 Å². The van der Waals surface area contributed by atoms with Crippen molar-refractivity contribution in [3.8, 4) is 0 Å². The van der Waals surface area contributed by atoms with Gasteiger partial charge in [-0.2, -0.15) is 9.59 Å². The van der Waals surface area contributed by atoms with Crippen LogP contribution in [0.2, 0.25) is 0 Å². The molecule has 0 spiro atoms. The lowest BCUT2D eigenvalue weighted by Gasteiger charge is -2.32. The highest BCUT2D eigenvalue weighted by Gasteiger charge is 2.22. The minimum atomic E-state index is 0.633. The molecule has 108 valence electrons. The van der Waals surface area contributed by atoms with E-state index in [1.807, 2.05) is 0 Å². The van der Waals surface area contributed by atoms with E-state index in [9.17, 15) is 0 Å². The van der Waals surface area contributed by atoms with Gasteiger partial charge in [0.2, 0.25) is 0 Å². The van der Waals surface area contributed by atoms with Crippen LogP contribution in [-0.4, -0.2) is 43.0 Å². The van der Waals surface area contributed by atoms with Crippen molar-refractivity contribution in [2.45, 2.75) is 39.7 Å². The largest absolute Gasteiger partial charge is 0.299 e. The lowest BCUT2D eigenvalue weighted by atomic mass is 9.94. The Morgan fingerprint density at radius 3 is 3.00 bits per heavy atom. The van der Waals surface area contributed by atoms with Crippen LogP contribution in [0.15, 0.2) is 0 Å². The Hall–Kier alpha value is -1.34. The van der Waals surface area contributed by atoms with Gasteiger partial charge < -0.3 is 0 Å². The summed E-state index contributed by atoms with van der Waals surface area (Å²) in [6.07, 6.45) is 3.43. The molecule has 6 nitrogen and oxygen atoms in total. The molecule has 1 aliphatic heterocycles.